The molecule has 0 bridgehead atoms. The summed E-state index contributed by atoms with van der Waals surface area (Å²) in [6.07, 6.45) is 0.599. The molecule has 1 heterocycles. The Morgan fingerprint density at radius 1 is 1.15 bits per heavy atom. The van der Waals surface area contributed by atoms with Crippen LogP contribution >= 0.6 is 0 Å². The van der Waals surface area contributed by atoms with Crippen LogP contribution in [0.15, 0.2) is 42.5 Å². The first-order valence-corrected chi connectivity index (χ1v) is 9.56. The average Bonchev–Trinajstić information content (AvgIpc) is 2.65. The molecule has 2 aromatic rings. The first-order chi connectivity index (χ1) is 12.9. The van der Waals surface area contributed by atoms with Gasteiger partial charge in [-0.05, 0) is 42.5 Å². The SMILES string of the molecule is CCOCN1C(=O)NC(=O)C(C)(C(C)C)C1Cc1cccc2ccccc12. The summed E-state index contributed by atoms with van der Waals surface area (Å²) < 4.78 is 5.56. The molecule has 0 saturated carbocycles. The number of nitrogens with zero attached hydrogens (tertiary/aromatic N) is 1. The Hall–Kier alpha value is -2.40. The normalized spacial score (nSPS) is 23.1. The Kier molecular flexibility index (Phi) is 5.51. The lowest BCUT2D eigenvalue weighted by atomic mass is 9.68. The summed E-state index contributed by atoms with van der Waals surface area (Å²) in [4.78, 5) is 27.1. The molecule has 0 aromatic heterocycles. The number of carbonyl (C=O) groups excluding carboxylic acids is 2. The van der Waals surface area contributed by atoms with Crippen LogP contribution in [0.4, 0.5) is 4.79 Å². The van der Waals surface area contributed by atoms with Crippen molar-refractivity contribution in [3.63, 3.8) is 0 Å². The summed E-state index contributed by atoms with van der Waals surface area (Å²) in [5.74, 6) is -0.143. The summed E-state index contributed by atoms with van der Waals surface area (Å²) in [5, 5.41) is 4.84. The van der Waals surface area contributed by atoms with E-state index < -0.39 is 5.41 Å². The molecule has 2 aromatic carbocycles. The van der Waals surface area contributed by atoms with Gasteiger partial charge in [0.1, 0.15) is 6.73 Å². The van der Waals surface area contributed by atoms with Crippen molar-refractivity contribution in [2.45, 2.75) is 40.2 Å². The van der Waals surface area contributed by atoms with E-state index in [0.717, 1.165) is 16.3 Å². The van der Waals surface area contributed by atoms with Crippen LogP contribution in [0.25, 0.3) is 10.8 Å². The molecule has 5 heteroatoms. The predicted octanol–water partition coefficient (Wildman–Crippen LogP) is 3.96. The first-order valence-electron chi connectivity index (χ1n) is 9.56. The van der Waals surface area contributed by atoms with Crippen LogP contribution in [0.1, 0.15) is 33.3 Å². The highest BCUT2D eigenvalue weighted by molar-refractivity contribution is 6.00. The van der Waals surface area contributed by atoms with Crippen LogP contribution < -0.4 is 5.32 Å². The van der Waals surface area contributed by atoms with E-state index in [-0.39, 0.29) is 30.6 Å². The van der Waals surface area contributed by atoms with Gasteiger partial charge in [-0.1, -0.05) is 56.3 Å². The molecule has 1 fully saturated rings. The predicted molar refractivity (Wildman–Crippen MR) is 106 cm³/mol. The van der Waals surface area contributed by atoms with Crippen molar-refractivity contribution in [3.8, 4) is 0 Å². The van der Waals surface area contributed by atoms with Crippen molar-refractivity contribution < 1.29 is 14.3 Å². The van der Waals surface area contributed by atoms with E-state index in [9.17, 15) is 9.59 Å². The number of ether oxygens (including phenoxy) is 1. The molecule has 0 aliphatic carbocycles. The largest absolute Gasteiger partial charge is 0.361 e. The third-order valence-electron chi connectivity index (χ3n) is 5.97. The molecule has 3 amide bonds. The van der Waals surface area contributed by atoms with Crippen molar-refractivity contribution in [2.75, 3.05) is 13.3 Å². The molecule has 144 valence electrons. The minimum Gasteiger partial charge on any atom is -0.361 e. The van der Waals surface area contributed by atoms with Crippen LogP contribution in [0.3, 0.4) is 0 Å². The lowest BCUT2D eigenvalue weighted by Crippen LogP contribution is -2.67. The van der Waals surface area contributed by atoms with Gasteiger partial charge in [-0.2, -0.15) is 0 Å². The van der Waals surface area contributed by atoms with Gasteiger partial charge in [0.25, 0.3) is 0 Å². The van der Waals surface area contributed by atoms with Gasteiger partial charge >= 0.3 is 6.03 Å². The maximum atomic E-state index is 12.9. The van der Waals surface area contributed by atoms with Crippen molar-refractivity contribution in [1.29, 1.82) is 0 Å². The van der Waals surface area contributed by atoms with Gasteiger partial charge in [-0.15, -0.1) is 0 Å². The number of rotatable bonds is 6. The molecule has 2 atom stereocenters. The molecule has 5 nitrogen and oxygen atoms in total. The number of carbonyl (C=O) groups is 2. The molecular weight excluding hydrogens is 340 g/mol. The zero-order chi connectivity index (χ0) is 19.6. The lowest BCUT2D eigenvalue weighted by Gasteiger charge is -2.48. The van der Waals surface area contributed by atoms with E-state index >= 15 is 0 Å². The van der Waals surface area contributed by atoms with E-state index in [2.05, 4.69) is 29.6 Å². The monoisotopic (exact) mass is 368 g/mol. The van der Waals surface area contributed by atoms with Crippen molar-refractivity contribution >= 4 is 22.7 Å². The number of urea groups is 1. The maximum Gasteiger partial charge on any atom is 0.326 e. The summed E-state index contributed by atoms with van der Waals surface area (Å²) >= 11 is 0. The number of amides is 3. The van der Waals surface area contributed by atoms with E-state index in [1.54, 1.807) is 4.90 Å². The molecule has 1 aliphatic rings. The van der Waals surface area contributed by atoms with E-state index in [4.69, 9.17) is 4.74 Å². The van der Waals surface area contributed by atoms with Gasteiger partial charge in [0.2, 0.25) is 5.91 Å². The zero-order valence-electron chi connectivity index (χ0n) is 16.5. The summed E-state index contributed by atoms with van der Waals surface area (Å²) in [5.41, 5.74) is 0.427. The zero-order valence-corrected chi connectivity index (χ0v) is 16.5. The number of hydrogen-bond donors (Lipinski definition) is 1. The number of benzene rings is 2. The van der Waals surface area contributed by atoms with Crippen molar-refractivity contribution in [2.24, 2.45) is 11.3 Å². The van der Waals surface area contributed by atoms with Gasteiger partial charge in [-0.25, -0.2) is 4.79 Å². The van der Waals surface area contributed by atoms with Crippen LogP contribution in [-0.2, 0) is 16.0 Å². The molecule has 1 saturated heterocycles. The Morgan fingerprint density at radius 2 is 1.85 bits per heavy atom. The lowest BCUT2D eigenvalue weighted by molar-refractivity contribution is -0.141. The number of hydrogen-bond acceptors (Lipinski definition) is 3. The highest BCUT2D eigenvalue weighted by Crippen LogP contribution is 2.39. The number of imide groups is 1. The summed E-state index contributed by atoms with van der Waals surface area (Å²) in [7, 11) is 0. The second kappa shape index (κ2) is 7.69. The highest BCUT2D eigenvalue weighted by Gasteiger charge is 2.52. The van der Waals surface area contributed by atoms with Crippen LogP contribution in [0.2, 0.25) is 0 Å². The fourth-order valence-electron chi connectivity index (χ4n) is 3.91. The van der Waals surface area contributed by atoms with Gasteiger partial charge in [0.15, 0.2) is 0 Å². The minimum absolute atomic E-state index is 0.0645. The fraction of sp³-hybridized carbons (Fsp3) is 0.455. The quantitative estimate of drug-likeness (QED) is 0.840. The second-order valence-electron chi connectivity index (χ2n) is 7.65. The Labute approximate surface area is 160 Å². The third-order valence-corrected chi connectivity index (χ3v) is 5.97. The van der Waals surface area contributed by atoms with Crippen LogP contribution in [0, 0.1) is 11.3 Å². The molecule has 1 N–H and O–H groups in total. The summed E-state index contributed by atoms with van der Waals surface area (Å²) in [6, 6.07) is 13.7. The van der Waals surface area contributed by atoms with E-state index in [0.29, 0.717) is 13.0 Å². The van der Waals surface area contributed by atoms with Crippen LogP contribution in [0.5, 0.6) is 0 Å². The highest BCUT2D eigenvalue weighted by atomic mass is 16.5. The van der Waals surface area contributed by atoms with Gasteiger partial charge < -0.3 is 4.74 Å². The van der Waals surface area contributed by atoms with E-state index in [1.807, 2.05) is 45.9 Å². The Bertz CT molecular complexity index is 843. The second-order valence-corrected chi connectivity index (χ2v) is 7.65. The summed E-state index contributed by atoms with van der Waals surface area (Å²) in [6.45, 7) is 8.60. The van der Waals surface area contributed by atoms with Gasteiger partial charge in [0, 0.05) is 6.61 Å². The molecule has 0 radical (unpaired) electrons. The van der Waals surface area contributed by atoms with Crippen molar-refractivity contribution in [1.82, 2.24) is 10.2 Å². The van der Waals surface area contributed by atoms with Crippen LogP contribution in [-0.4, -0.2) is 36.2 Å². The standard InChI is InChI=1S/C22H28N2O3/c1-5-27-14-24-19(22(4,15(2)3)20(25)23-21(24)26)13-17-11-8-10-16-9-6-7-12-18(16)17/h6-12,15,19H,5,13-14H2,1-4H3,(H,23,25,26). The molecular formula is C22H28N2O3. The molecule has 0 spiro atoms. The van der Waals surface area contributed by atoms with Crippen molar-refractivity contribution in [3.05, 3.63) is 48.0 Å². The minimum atomic E-state index is -0.706. The third kappa shape index (κ3) is 3.44. The smallest absolute Gasteiger partial charge is 0.326 e. The number of fused-ring (bicyclic) bond motifs is 1. The molecule has 27 heavy (non-hydrogen) atoms. The molecule has 1 aliphatic heterocycles. The topological polar surface area (TPSA) is 58.6 Å². The fourth-order valence-corrected chi connectivity index (χ4v) is 3.91. The maximum absolute atomic E-state index is 12.9. The average molecular weight is 368 g/mol. The Morgan fingerprint density at radius 3 is 2.56 bits per heavy atom. The van der Waals surface area contributed by atoms with Gasteiger partial charge in [0.05, 0.1) is 11.5 Å². The molecule has 3 rings (SSSR count). The first kappa shape index (κ1) is 19.4. The molecule has 2 unspecified atom stereocenters. The van der Waals surface area contributed by atoms with Gasteiger partial charge in [-0.3, -0.25) is 15.0 Å². The number of nitrogens with one attached hydrogen (secondary N) is 1. The Balaban J connectivity index is 2.06. The van der Waals surface area contributed by atoms with E-state index in [1.165, 1.54) is 0 Å².